The number of piperidine rings is 1. The molecule has 3 aromatic rings. The smallest absolute Gasteiger partial charge is 0.269 e. The minimum Gasteiger partial charge on any atom is -0.365 e. The van der Waals surface area contributed by atoms with E-state index in [4.69, 9.17) is 0 Å². The number of nitrogens with one attached hydrogen (secondary N) is 2. The number of rotatable bonds is 4. The number of aryl methyl sites for hydroxylation is 1. The molecular weight excluding hydrogens is 418 g/mol. The van der Waals surface area contributed by atoms with E-state index in [1.54, 1.807) is 25.1 Å². The summed E-state index contributed by atoms with van der Waals surface area (Å²) < 4.78 is 29.6. The Bertz CT molecular complexity index is 1280. The van der Waals surface area contributed by atoms with Gasteiger partial charge < -0.3 is 15.2 Å². The van der Waals surface area contributed by atoms with Crippen molar-refractivity contribution in [1.82, 2.24) is 25.2 Å². The Labute approximate surface area is 182 Å². The lowest BCUT2D eigenvalue weighted by molar-refractivity contribution is -0.00939. The first-order valence-corrected chi connectivity index (χ1v) is 10.4. The molecule has 2 bridgehead atoms. The molecule has 1 aromatic carbocycles. The summed E-state index contributed by atoms with van der Waals surface area (Å²) in [5.41, 5.74) is 1.33. The highest BCUT2D eigenvalue weighted by molar-refractivity contribution is 5.92. The summed E-state index contributed by atoms with van der Waals surface area (Å²) in [7, 11) is 1.47. The quantitative estimate of drug-likeness (QED) is 0.600. The number of nitrogens with zero attached hydrogens (tertiary/aromatic N) is 4. The van der Waals surface area contributed by atoms with E-state index in [9.17, 15) is 14.0 Å². The van der Waals surface area contributed by atoms with Crippen molar-refractivity contribution in [3.05, 3.63) is 63.3 Å². The molecule has 3 fully saturated rings. The third-order valence-electron chi connectivity index (χ3n) is 6.38. The number of aromatic amines is 1. The molecule has 2 N–H and O–H groups in total. The van der Waals surface area contributed by atoms with Crippen LogP contribution in [0.1, 0.15) is 28.2 Å². The Morgan fingerprint density at radius 1 is 1.19 bits per heavy atom. The lowest BCUT2D eigenvalue weighted by Crippen LogP contribution is -2.68. The van der Waals surface area contributed by atoms with Crippen LogP contribution in [-0.2, 0) is 6.54 Å². The van der Waals surface area contributed by atoms with Crippen molar-refractivity contribution in [2.75, 3.05) is 25.0 Å². The van der Waals surface area contributed by atoms with Gasteiger partial charge in [-0.2, -0.15) is 4.39 Å². The third-order valence-corrected chi connectivity index (χ3v) is 6.38. The molecule has 1 amide bonds. The Balaban J connectivity index is 1.33. The highest BCUT2D eigenvalue weighted by atomic mass is 19.1. The van der Waals surface area contributed by atoms with E-state index in [-0.39, 0.29) is 23.3 Å². The van der Waals surface area contributed by atoms with Gasteiger partial charge in [0.15, 0.2) is 5.82 Å². The summed E-state index contributed by atoms with van der Waals surface area (Å²) in [4.78, 5) is 38.2. The molecule has 0 aliphatic carbocycles. The summed E-state index contributed by atoms with van der Waals surface area (Å²) in [6.45, 7) is 3.15. The number of anilines is 1. The molecule has 32 heavy (non-hydrogen) atoms. The van der Waals surface area contributed by atoms with Gasteiger partial charge in [-0.3, -0.25) is 14.5 Å². The van der Waals surface area contributed by atoms with Gasteiger partial charge in [0.1, 0.15) is 16.9 Å². The van der Waals surface area contributed by atoms with Gasteiger partial charge in [-0.1, -0.05) is 6.07 Å². The van der Waals surface area contributed by atoms with E-state index in [1.807, 2.05) is 4.90 Å². The summed E-state index contributed by atoms with van der Waals surface area (Å²) in [6, 6.07) is 6.81. The zero-order valence-corrected chi connectivity index (χ0v) is 17.7. The van der Waals surface area contributed by atoms with Crippen LogP contribution in [0, 0.1) is 18.7 Å². The molecule has 0 spiro atoms. The van der Waals surface area contributed by atoms with Crippen molar-refractivity contribution in [3.8, 4) is 0 Å². The van der Waals surface area contributed by atoms with E-state index in [1.165, 1.54) is 13.1 Å². The van der Waals surface area contributed by atoms with Crippen LogP contribution in [0.25, 0.3) is 11.0 Å². The number of benzene rings is 1. The fourth-order valence-corrected chi connectivity index (χ4v) is 4.63. The highest BCUT2D eigenvalue weighted by Crippen LogP contribution is 2.37. The second-order valence-electron chi connectivity index (χ2n) is 8.29. The average molecular weight is 440 g/mol. The lowest BCUT2D eigenvalue weighted by atomic mass is 9.86. The first kappa shape index (κ1) is 20.5. The van der Waals surface area contributed by atoms with Crippen molar-refractivity contribution in [2.45, 2.75) is 32.0 Å². The fourth-order valence-electron chi connectivity index (χ4n) is 4.63. The molecular formula is C22H22F2N6O2. The Kier molecular flexibility index (Phi) is 4.89. The lowest BCUT2D eigenvalue weighted by Gasteiger charge is -2.57. The zero-order chi connectivity index (χ0) is 22.6. The molecule has 3 saturated heterocycles. The van der Waals surface area contributed by atoms with Gasteiger partial charge in [0.2, 0.25) is 5.95 Å². The predicted octanol–water partition coefficient (Wildman–Crippen LogP) is 1.73. The highest BCUT2D eigenvalue weighted by Gasteiger charge is 2.45. The molecule has 0 radical (unpaired) electrons. The number of pyridine rings is 1. The van der Waals surface area contributed by atoms with Gasteiger partial charge in [0.25, 0.3) is 11.5 Å². The van der Waals surface area contributed by atoms with Crippen LogP contribution >= 0.6 is 0 Å². The van der Waals surface area contributed by atoms with Crippen molar-refractivity contribution >= 4 is 22.6 Å². The van der Waals surface area contributed by atoms with Gasteiger partial charge in [-0.05, 0) is 31.5 Å². The molecule has 8 nitrogen and oxygen atoms in total. The number of fused-ring (bicyclic) bond motifs is 3. The largest absolute Gasteiger partial charge is 0.365 e. The van der Waals surface area contributed by atoms with Gasteiger partial charge in [0.05, 0.1) is 11.2 Å². The molecule has 0 saturated carbocycles. The second-order valence-corrected chi connectivity index (χ2v) is 8.29. The predicted molar refractivity (Wildman–Crippen MR) is 115 cm³/mol. The topological polar surface area (TPSA) is 94.2 Å². The van der Waals surface area contributed by atoms with Crippen LogP contribution in [-0.4, -0.2) is 58.0 Å². The summed E-state index contributed by atoms with van der Waals surface area (Å²) in [6.07, 6.45) is 0.953. The van der Waals surface area contributed by atoms with E-state index < -0.39 is 23.2 Å². The number of halogens is 2. The van der Waals surface area contributed by atoms with Crippen LogP contribution in [0.3, 0.4) is 0 Å². The van der Waals surface area contributed by atoms with Crippen molar-refractivity contribution in [2.24, 2.45) is 0 Å². The Morgan fingerprint density at radius 2 is 1.94 bits per heavy atom. The van der Waals surface area contributed by atoms with Crippen LogP contribution in [0.4, 0.5) is 14.5 Å². The summed E-state index contributed by atoms with van der Waals surface area (Å²) >= 11 is 0. The minimum atomic E-state index is -0.675. The van der Waals surface area contributed by atoms with Crippen molar-refractivity contribution in [3.63, 3.8) is 0 Å². The number of H-pyrrole nitrogens is 1. The van der Waals surface area contributed by atoms with Crippen LogP contribution in [0.5, 0.6) is 0 Å². The monoisotopic (exact) mass is 440 g/mol. The number of hydrogen-bond donors (Lipinski definition) is 2. The van der Waals surface area contributed by atoms with Crippen LogP contribution in [0.15, 0.2) is 29.1 Å². The Hall–Kier alpha value is -3.40. The normalized spacial score (nSPS) is 20.3. The van der Waals surface area contributed by atoms with E-state index >= 15 is 4.39 Å². The maximum atomic E-state index is 15.1. The third kappa shape index (κ3) is 3.31. The van der Waals surface area contributed by atoms with E-state index in [0.717, 1.165) is 6.42 Å². The Morgan fingerprint density at radius 3 is 2.62 bits per heavy atom. The van der Waals surface area contributed by atoms with Gasteiger partial charge in [-0.15, -0.1) is 0 Å². The van der Waals surface area contributed by atoms with Crippen LogP contribution < -0.4 is 15.8 Å². The minimum absolute atomic E-state index is 0.0343. The number of piperazine rings is 1. The molecule has 2 unspecified atom stereocenters. The van der Waals surface area contributed by atoms with Crippen LogP contribution in [0.2, 0.25) is 0 Å². The molecule has 2 atom stereocenters. The molecule has 166 valence electrons. The zero-order valence-electron chi connectivity index (χ0n) is 17.7. The van der Waals surface area contributed by atoms with Gasteiger partial charge >= 0.3 is 0 Å². The molecule has 3 aliphatic heterocycles. The SMILES string of the molecule is CNC(=O)c1ccc(N2CC3CC(C2)N3Cc2ccc3nc(C)c(=O)[nH]c3c2F)c(F)n1. The molecule has 10 heteroatoms. The number of carbonyl (C=O) groups excluding carboxylic acids is 1. The number of carbonyl (C=O) groups is 1. The maximum Gasteiger partial charge on any atom is 0.269 e. The number of hydrogen-bond acceptors (Lipinski definition) is 6. The molecule has 6 rings (SSSR count). The standard InChI is InChI=1S/C22H22F2N6O2/c1-11-21(31)28-19-15(26-11)4-3-12(18(19)23)8-30-13-7-14(30)10-29(9-13)17-6-5-16(22(32)25-2)27-20(17)24/h3-6,13-14H,7-10H2,1-2H3,(H,25,32)(H,28,31). The second kappa shape index (κ2) is 7.63. The van der Waals surface area contributed by atoms with Gasteiger partial charge in [0, 0.05) is 44.3 Å². The first-order chi connectivity index (χ1) is 15.4. The maximum absolute atomic E-state index is 15.1. The number of aromatic nitrogens is 3. The fraction of sp³-hybridized carbons (Fsp3) is 0.364. The summed E-state index contributed by atoms with van der Waals surface area (Å²) in [5, 5.41) is 2.43. The average Bonchev–Trinajstić information content (AvgIpc) is 2.79. The first-order valence-electron chi connectivity index (χ1n) is 10.4. The van der Waals surface area contributed by atoms with Crippen molar-refractivity contribution in [1.29, 1.82) is 0 Å². The van der Waals surface area contributed by atoms with E-state index in [2.05, 4.69) is 25.2 Å². The van der Waals surface area contributed by atoms with Gasteiger partial charge in [-0.25, -0.2) is 14.4 Å². The summed E-state index contributed by atoms with van der Waals surface area (Å²) in [5.74, 6) is -1.58. The van der Waals surface area contributed by atoms with Crippen molar-refractivity contribution < 1.29 is 13.6 Å². The molecule has 5 heterocycles. The van der Waals surface area contributed by atoms with E-state index in [0.29, 0.717) is 42.1 Å². The molecule has 3 aliphatic rings. The molecule has 2 aromatic heterocycles. The number of amides is 1.